The Morgan fingerprint density at radius 1 is 1.40 bits per heavy atom. The highest BCUT2D eigenvalue weighted by Gasteiger charge is 2.45. The average Bonchev–Trinajstić information content (AvgIpc) is 2.55. The van der Waals surface area contributed by atoms with Gasteiger partial charge >= 0.3 is 5.97 Å². The van der Waals surface area contributed by atoms with Crippen molar-refractivity contribution >= 4 is 11.7 Å². The van der Waals surface area contributed by atoms with Crippen LogP contribution in [0.4, 0.5) is 5.69 Å². The maximum atomic E-state index is 11.2. The van der Waals surface area contributed by atoms with Gasteiger partial charge in [-0.25, -0.2) is 4.79 Å². The molecule has 0 radical (unpaired) electrons. The molecule has 3 nitrogen and oxygen atoms in total. The van der Waals surface area contributed by atoms with Gasteiger partial charge in [0.05, 0.1) is 5.56 Å². The Hall–Kier alpha value is -1.51. The molecule has 0 aromatic heterocycles. The van der Waals surface area contributed by atoms with Crippen LogP contribution in [0, 0.1) is 0 Å². The zero-order valence-corrected chi connectivity index (χ0v) is 8.42. The highest BCUT2D eigenvalue weighted by Crippen LogP contribution is 2.51. The fraction of sp³-hybridized carbons (Fsp3) is 0.417. The number of benzene rings is 1. The van der Waals surface area contributed by atoms with Crippen LogP contribution in [0.1, 0.15) is 35.2 Å². The summed E-state index contributed by atoms with van der Waals surface area (Å²) in [6, 6.07) is 5.51. The number of nitrogens with one attached hydrogen (secondary N) is 1. The lowest BCUT2D eigenvalue weighted by Crippen LogP contribution is -2.37. The molecular weight excluding hydrogens is 190 g/mol. The van der Waals surface area contributed by atoms with Crippen LogP contribution in [0.2, 0.25) is 0 Å². The lowest BCUT2D eigenvalue weighted by molar-refractivity contribution is 0.0692. The first-order valence-corrected chi connectivity index (χ1v) is 5.34. The second kappa shape index (κ2) is 2.75. The molecule has 0 bridgehead atoms. The van der Waals surface area contributed by atoms with Crippen molar-refractivity contribution in [3.05, 3.63) is 29.3 Å². The lowest BCUT2D eigenvalue weighted by atomic mass is 9.64. The molecule has 78 valence electrons. The van der Waals surface area contributed by atoms with Crippen molar-refractivity contribution in [3.8, 4) is 0 Å². The fourth-order valence-corrected chi connectivity index (χ4v) is 2.83. The summed E-state index contributed by atoms with van der Waals surface area (Å²) in [5, 5.41) is 12.5. The summed E-state index contributed by atoms with van der Waals surface area (Å²) < 4.78 is 0. The van der Waals surface area contributed by atoms with Crippen molar-refractivity contribution < 1.29 is 9.90 Å². The van der Waals surface area contributed by atoms with Gasteiger partial charge in [-0.2, -0.15) is 0 Å². The van der Waals surface area contributed by atoms with Gasteiger partial charge in [0.25, 0.3) is 0 Å². The van der Waals surface area contributed by atoms with Gasteiger partial charge in [-0.3, -0.25) is 0 Å². The summed E-state index contributed by atoms with van der Waals surface area (Å²) in [6.07, 6.45) is 3.46. The molecule has 0 atom stereocenters. The summed E-state index contributed by atoms with van der Waals surface area (Å²) in [5.74, 6) is -0.804. The minimum atomic E-state index is -0.804. The van der Waals surface area contributed by atoms with E-state index in [0.717, 1.165) is 30.6 Å². The Bertz CT molecular complexity index is 435. The van der Waals surface area contributed by atoms with Crippen molar-refractivity contribution in [3.63, 3.8) is 0 Å². The topological polar surface area (TPSA) is 49.3 Å². The number of carboxylic acid groups (broad SMARTS) is 1. The van der Waals surface area contributed by atoms with E-state index in [4.69, 9.17) is 0 Å². The highest BCUT2D eigenvalue weighted by molar-refractivity contribution is 5.93. The molecule has 1 aliphatic heterocycles. The summed E-state index contributed by atoms with van der Waals surface area (Å²) >= 11 is 0. The molecule has 1 spiro atoms. The van der Waals surface area contributed by atoms with Gasteiger partial charge in [-0.15, -0.1) is 0 Å². The van der Waals surface area contributed by atoms with Crippen LogP contribution in [0.15, 0.2) is 18.2 Å². The third-order valence-electron chi connectivity index (χ3n) is 3.75. The molecule has 1 aliphatic carbocycles. The van der Waals surface area contributed by atoms with E-state index in [9.17, 15) is 9.90 Å². The normalized spacial score (nSPS) is 20.5. The molecular formula is C12H13NO2. The van der Waals surface area contributed by atoms with Crippen molar-refractivity contribution in [2.75, 3.05) is 11.9 Å². The molecule has 3 rings (SSSR count). The molecule has 1 saturated carbocycles. The number of aromatic carboxylic acids is 1. The van der Waals surface area contributed by atoms with Gasteiger partial charge in [-0.1, -0.05) is 12.5 Å². The first-order chi connectivity index (χ1) is 7.23. The molecule has 0 saturated heterocycles. The van der Waals surface area contributed by atoms with E-state index in [0.29, 0.717) is 5.56 Å². The van der Waals surface area contributed by atoms with E-state index < -0.39 is 5.97 Å². The summed E-state index contributed by atoms with van der Waals surface area (Å²) in [4.78, 5) is 11.2. The van der Waals surface area contributed by atoms with Gasteiger partial charge in [-0.05, 0) is 30.5 Å². The van der Waals surface area contributed by atoms with Crippen LogP contribution in [0.5, 0.6) is 0 Å². The van der Waals surface area contributed by atoms with Gasteiger partial charge in [0, 0.05) is 17.6 Å². The quantitative estimate of drug-likeness (QED) is 0.735. The molecule has 1 fully saturated rings. The highest BCUT2D eigenvalue weighted by atomic mass is 16.4. The van der Waals surface area contributed by atoms with E-state index in [1.165, 1.54) is 6.42 Å². The maximum Gasteiger partial charge on any atom is 0.336 e. The number of carbonyl (C=O) groups is 1. The van der Waals surface area contributed by atoms with Crippen LogP contribution in [0.3, 0.4) is 0 Å². The SMILES string of the molecule is O=C(O)c1cccc2c1C1(CCC1)CN2. The predicted molar refractivity (Wildman–Crippen MR) is 57.4 cm³/mol. The zero-order valence-electron chi connectivity index (χ0n) is 8.42. The summed E-state index contributed by atoms with van der Waals surface area (Å²) in [7, 11) is 0. The molecule has 1 heterocycles. The molecule has 15 heavy (non-hydrogen) atoms. The lowest BCUT2D eigenvalue weighted by Gasteiger charge is -2.38. The van der Waals surface area contributed by atoms with Crippen molar-refractivity contribution in [1.82, 2.24) is 0 Å². The van der Waals surface area contributed by atoms with Crippen LogP contribution >= 0.6 is 0 Å². The number of hydrogen-bond acceptors (Lipinski definition) is 2. The fourth-order valence-electron chi connectivity index (χ4n) is 2.83. The molecule has 3 heteroatoms. The Labute approximate surface area is 88.1 Å². The van der Waals surface area contributed by atoms with E-state index in [1.807, 2.05) is 12.1 Å². The predicted octanol–water partition coefficient (Wildman–Crippen LogP) is 2.23. The zero-order chi connectivity index (χ0) is 10.5. The largest absolute Gasteiger partial charge is 0.478 e. The van der Waals surface area contributed by atoms with Crippen molar-refractivity contribution in [2.45, 2.75) is 24.7 Å². The Morgan fingerprint density at radius 3 is 2.80 bits per heavy atom. The van der Waals surface area contributed by atoms with Gasteiger partial charge in [0.15, 0.2) is 0 Å². The monoisotopic (exact) mass is 203 g/mol. The van der Waals surface area contributed by atoms with E-state index >= 15 is 0 Å². The smallest absolute Gasteiger partial charge is 0.336 e. The van der Waals surface area contributed by atoms with Gasteiger partial charge in [0.1, 0.15) is 0 Å². The summed E-state index contributed by atoms with van der Waals surface area (Å²) in [5.41, 5.74) is 2.68. The molecule has 1 aromatic rings. The van der Waals surface area contributed by atoms with E-state index in [1.54, 1.807) is 6.07 Å². The number of anilines is 1. The van der Waals surface area contributed by atoms with Crippen LogP contribution < -0.4 is 5.32 Å². The summed E-state index contributed by atoms with van der Waals surface area (Å²) in [6.45, 7) is 0.909. The van der Waals surface area contributed by atoms with E-state index in [2.05, 4.69) is 5.32 Å². The van der Waals surface area contributed by atoms with Crippen molar-refractivity contribution in [1.29, 1.82) is 0 Å². The maximum absolute atomic E-state index is 11.2. The second-order valence-corrected chi connectivity index (χ2v) is 4.52. The standard InChI is InChI=1S/C12H13NO2/c14-11(15)8-3-1-4-9-10(8)12(7-13-9)5-2-6-12/h1,3-4,13H,2,5-7H2,(H,14,15). The molecule has 2 aliphatic rings. The van der Waals surface area contributed by atoms with E-state index in [-0.39, 0.29) is 5.41 Å². The second-order valence-electron chi connectivity index (χ2n) is 4.52. The first-order valence-electron chi connectivity index (χ1n) is 5.34. The molecule has 0 unspecified atom stereocenters. The minimum Gasteiger partial charge on any atom is -0.478 e. The molecule has 1 aromatic carbocycles. The van der Waals surface area contributed by atoms with Crippen molar-refractivity contribution in [2.24, 2.45) is 0 Å². The number of carboxylic acids is 1. The third-order valence-corrected chi connectivity index (χ3v) is 3.75. The van der Waals surface area contributed by atoms with Crippen LogP contribution in [-0.2, 0) is 5.41 Å². The first kappa shape index (κ1) is 8.77. The number of hydrogen-bond donors (Lipinski definition) is 2. The average molecular weight is 203 g/mol. The Morgan fingerprint density at radius 2 is 2.20 bits per heavy atom. The molecule has 2 N–H and O–H groups in total. The number of rotatable bonds is 1. The number of fused-ring (bicyclic) bond motifs is 2. The van der Waals surface area contributed by atoms with Crippen LogP contribution in [-0.4, -0.2) is 17.6 Å². The van der Waals surface area contributed by atoms with Gasteiger partial charge in [0.2, 0.25) is 0 Å². The molecule has 0 amide bonds. The third kappa shape index (κ3) is 1.03. The van der Waals surface area contributed by atoms with Gasteiger partial charge < -0.3 is 10.4 Å². The van der Waals surface area contributed by atoms with Crippen LogP contribution in [0.25, 0.3) is 0 Å². The Balaban J connectivity index is 2.20. The minimum absolute atomic E-state index is 0.129. The Kier molecular flexibility index (Phi) is 1.61.